The van der Waals surface area contributed by atoms with Crippen LogP contribution in [0.15, 0.2) is 47.0 Å². The van der Waals surface area contributed by atoms with Crippen molar-refractivity contribution < 1.29 is 18.8 Å². The molecule has 0 spiro atoms. The molecular formula is C23H24N2O4. The van der Waals surface area contributed by atoms with Gasteiger partial charge in [-0.15, -0.1) is 0 Å². The van der Waals surface area contributed by atoms with Crippen LogP contribution >= 0.6 is 0 Å². The first kappa shape index (κ1) is 19.1. The highest BCUT2D eigenvalue weighted by Gasteiger charge is 2.29. The lowest BCUT2D eigenvalue weighted by Crippen LogP contribution is -2.36. The van der Waals surface area contributed by atoms with Crippen molar-refractivity contribution in [2.45, 2.75) is 33.3 Å². The zero-order valence-electron chi connectivity index (χ0n) is 16.9. The van der Waals surface area contributed by atoms with E-state index in [-0.39, 0.29) is 12.5 Å². The molecule has 150 valence electrons. The van der Waals surface area contributed by atoms with Crippen molar-refractivity contribution in [3.63, 3.8) is 0 Å². The average Bonchev–Trinajstić information content (AvgIpc) is 3.11. The Labute approximate surface area is 170 Å². The number of benzene rings is 2. The van der Waals surface area contributed by atoms with Crippen molar-refractivity contribution in [1.82, 2.24) is 5.16 Å². The predicted molar refractivity (Wildman–Crippen MR) is 110 cm³/mol. The molecule has 0 saturated heterocycles. The molecule has 3 aromatic rings. The van der Waals surface area contributed by atoms with Gasteiger partial charge < -0.3 is 18.9 Å². The number of aryl methyl sites for hydroxylation is 3. The molecule has 2 aromatic carbocycles. The molecule has 2 heterocycles. The summed E-state index contributed by atoms with van der Waals surface area (Å²) < 4.78 is 16.4. The maximum Gasteiger partial charge on any atom is 0.280 e. The molecule has 0 aliphatic carbocycles. The maximum absolute atomic E-state index is 13.3. The first-order valence-electron chi connectivity index (χ1n) is 9.70. The molecule has 4 rings (SSSR count). The lowest BCUT2D eigenvalue weighted by atomic mass is 9.99. The van der Waals surface area contributed by atoms with Crippen LogP contribution in [0.2, 0.25) is 0 Å². The van der Waals surface area contributed by atoms with E-state index in [9.17, 15) is 4.79 Å². The van der Waals surface area contributed by atoms with Crippen molar-refractivity contribution in [2.24, 2.45) is 0 Å². The summed E-state index contributed by atoms with van der Waals surface area (Å²) in [6.07, 6.45) is 1.91. The van der Waals surface area contributed by atoms with Gasteiger partial charge in [0, 0.05) is 12.2 Å². The Hall–Kier alpha value is -3.28. The number of hydrogen-bond acceptors (Lipinski definition) is 5. The van der Waals surface area contributed by atoms with Crippen LogP contribution in [0.5, 0.6) is 11.5 Å². The molecule has 6 heteroatoms. The Morgan fingerprint density at radius 1 is 1.14 bits per heavy atom. The molecule has 0 radical (unpaired) electrons. The van der Waals surface area contributed by atoms with E-state index in [1.165, 1.54) is 11.1 Å². The second kappa shape index (κ2) is 7.99. The van der Waals surface area contributed by atoms with Gasteiger partial charge in [0.05, 0.1) is 12.7 Å². The summed E-state index contributed by atoms with van der Waals surface area (Å²) in [6, 6.07) is 13.5. The maximum atomic E-state index is 13.3. The van der Waals surface area contributed by atoms with E-state index in [1.807, 2.05) is 36.4 Å². The summed E-state index contributed by atoms with van der Waals surface area (Å²) >= 11 is 0. The van der Waals surface area contributed by atoms with E-state index < -0.39 is 0 Å². The molecule has 0 N–H and O–H groups in total. The fourth-order valence-corrected chi connectivity index (χ4v) is 3.62. The van der Waals surface area contributed by atoms with Crippen LogP contribution in [0.4, 0.5) is 5.69 Å². The van der Waals surface area contributed by atoms with E-state index in [1.54, 1.807) is 18.9 Å². The number of rotatable bonds is 5. The molecular weight excluding hydrogens is 368 g/mol. The lowest BCUT2D eigenvalue weighted by molar-refractivity contribution is 0.0974. The van der Waals surface area contributed by atoms with Crippen LogP contribution in [0.1, 0.15) is 39.4 Å². The van der Waals surface area contributed by atoms with Crippen LogP contribution in [-0.4, -0.2) is 24.7 Å². The van der Waals surface area contributed by atoms with Gasteiger partial charge in [0.25, 0.3) is 5.91 Å². The third-order valence-electron chi connectivity index (χ3n) is 5.23. The Bertz CT molecular complexity index is 1020. The zero-order valence-corrected chi connectivity index (χ0v) is 16.9. The smallest absolute Gasteiger partial charge is 0.280 e. The number of hydrogen-bond donors (Lipinski definition) is 0. The van der Waals surface area contributed by atoms with Gasteiger partial charge in [-0.05, 0) is 62.6 Å². The third kappa shape index (κ3) is 3.83. The minimum atomic E-state index is -0.153. The Morgan fingerprint density at radius 3 is 2.66 bits per heavy atom. The van der Waals surface area contributed by atoms with Gasteiger partial charge in [-0.25, -0.2) is 0 Å². The van der Waals surface area contributed by atoms with Crippen LogP contribution in [0.25, 0.3) is 0 Å². The van der Waals surface area contributed by atoms with Crippen LogP contribution in [0, 0.1) is 13.8 Å². The minimum Gasteiger partial charge on any atom is -0.497 e. The van der Waals surface area contributed by atoms with E-state index in [2.05, 4.69) is 18.1 Å². The van der Waals surface area contributed by atoms with Crippen molar-refractivity contribution >= 4 is 11.6 Å². The highest BCUT2D eigenvalue weighted by atomic mass is 16.5. The Morgan fingerprint density at radius 2 is 1.90 bits per heavy atom. The van der Waals surface area contributed by atoms with Gasteiger partial charge in [0.15, 0.2) is 5.69 Å². The molecule has 1 amide bonds. The van der Waals surface area contributed by atoms with Crippen LogP contribution in [-0.2, 0) is 13.0 Å². The number of carbonyl (C=O) groups is 1. The highest BCUT2D eigenvalue weighted by Crippen LogP contribution is 2.30. The molecule has 0 unspecified atom stereocenters. The van der Waals surface area contributed by atoms with E-state index in [0.717, 1.165) is 24.3 Å². The number of anilines is 1. The molecule has 0 atom stereocenters. The number of amides is 1. The van der Waals surface area contributed by atoms with Gasteiger partial charge in [-0.3, -0.25) is 4.79 Å². The number of ether oxygens (including phenoxy) is 2. The summed E-state index contributed by atoms with van der Waals surface area (Å²) in [5.41, 5.74) is 4.33. The third-order valence-corrected chi connectivity index (χ3v) is 5.23. The molecule has 29 heavy (non-hydrogen) atoms. The SMILES string of the molecule is COc1ccc(OCc2c(C(=O)N3CCCc4cc(C)ccc43)noc2C)cc1. The van der Waals surface area contributed by atoms with Crippen molar-refractivity contribution in [1.29, 1.82) is 0 Å². The fraction of sp³-hybridized carbons (Fsp3) is 0.304. The molecule has 0 saturated carbocycles. The monoisotopic (exact) mass is 392 g/mol. The second-order valence-corrected chi connectivity index (χ2v) is 7.22. The van der Waals surface area contributed by atoms with Gasteiger partial charge in [0.1, 0.15) is 23.9 Å². The number of aromatic nitrogens is 1. The van der Waals surface area contributed by atoms with E-state index in [0.29, 0.717) is 29.3 Å². The summed E-state index contributed by atoms with van der Waals surface area (Å²) in [4.78, 5) is 15.1. The molecule has 1 aromatic heterocycles. The molecule has 6 nitrogen and oxygen atoms in total. The lowest BCUT2D eigenvalue weighted by Gasteiger charge is -2.29. The number of nitrogens with zero attached hydrogens (tertiary/aromatic N) is 2. The van der Waals surface area contributed by atoms with Gasteiger partial charge in [0.2, 0.25) is 0 Å². The molecule has 1 aliphatic heterocycles. The predicted octanol–water partition coefficient (Wildman–Crippen LogP) is 4.47. The van der Waals surface area contributed by atoms with E-state index >= 15 is 0 Å². The highest BCUT2D eigenvalue weighted by molar-refractivity contribution is 6.06. The first-order valence-corrected chi connectivity index (χ1v) is 9.70. The normalized spacial score (nSPS) is 13.1. The zero-order chi connectivity index (χ0) is 20.4. The second-order valence-electron chi connectivity index (χ2n) is 7.22. The van der Waals surface area contributed by atoms with Gasteiger partial charge in [-0.2, -0.15) is 0 Å². The topological polar surface area (TPSA) is 64.8 Å². The first-order chi connectivity index (χ1) is 14.1. The number of fused-ring (bicyclic) bond motifs is 1. The molecule has 0 fully saturated rings. The number of methoxy groups -OCH3 is 1. The fourth-order valence-electron chi connectivity index (χ4n) is 3.62. The Kier molecular flexibility index (Phi) is 5.25. The molecule has 1 aliphatic rings. The standard InChI is InChI=1S/C23H24N2O4/c1-15-6-11-21-17(13-15)5-4-12-25(21)23(26)22-20(16(2)29-24-22)14-28-19-9-7-18(27-3)8-10-19/h6-11,13H,4-5,12,14H2,1-3H3. The van der Waals surface area contributed by atoms with E-state index in [4.69, 9.17) is 14.0 Å². The van der Waals surface area contributed by atoms with Crippen molar-refractivity contribution in [3.8, 4) is 11.5 Å². The molecule has 0 bridgehead atoms. The summed E-state index contributed by atoms with van der Waals surface area (Å²) in [6.45, 7) is 4.73. The summed E-state index contributed by atoms with van der Waals surface area (Å²) in [5, 5.41) is 4.05. The van der Waals surface area contributed by atoms with Gasteiger partial charge >= 0.3 is 0 Å². The Balaban J connectivity index is 1.56. The van der Waals surface area contributed by atoms with Crippen molar-refractivity contribution in [3.05, 3.63) is 70.6 Å². The van der Waals surface area contributed by atoms with Gasteiger partial charge in [-0.1, -0.05) is 22.9 Å². The van der Waals surface area contributed by atoms with Crippen LogP contribution in [0.3, 0.4) is 0 Å². The number of carbonyl (C=O) groups excluding carboxylic acids is 1. The van der Waals surface area contributed by atoms with Crippen LogP contribution < -0.4 is 14.4 Å². The quantitative estimate of drug-likeness (QED) is 0.641. The van der Waals surface area contributed by atoms with Crippen molar-refractivity contribution in [2.75, 3.05) is 18.6 Å². The summed E-state index contributed by atoms with van der Waals surface area (Å²) in [5.74, 6) is 1.87. The summed E-state index contributed by atoms with van der Waals surface area (Å²) in [7, 11) is 1.62. The largest absolute Gasteiger partial charge is 0.497 e. The average molecular weight is 392 g/mol. The minimum absolute atomic E-state index is 0.153.